The van der Waals surface area contributed by atoms with E-state index in [9.17, 15) is 0 Å². The third-order valence-electron chi connectivity index (χ3n) is 5.26. The lowest BCUT2D eigenvalue weighted by molar-refractivity contribution is 0.0702. The van der Waals surface area contributed by atoms with Crippen LogP contribution >= 0.6 is 24.0 Å². The number of guanidine groups is 1. The second-order valence-electron chi connectivity index (χ2n) is 7.69. The van der Waals surface area contributed by atoms with Gasteiger partial charge in [-0.2, -0.15) is 0 Å². The van der Waals surface area contributed by atoms with Gasteiger partial charge in [0.25, 0.3) is 0 Å². The Bertz CT molecular complexity index is 663. The molecule has 0 radical (unpaired) electrons. The predicted octanol–water partition coefficient (Wildman–Crippen LogP) is 3.61. The van der Waals surface area contributed by atoms with Gasteiger partial charge in [0.05, 0.1) is 26.4 Å². The van der Waals surface area contributed by atoms with Crippen molar-refractivity contribution >= 4 is 35.6 Å². The molecule has 8 nitrogen and oxygen atoms in total. The molecule has 0 aliphatic carbocycles. The standard InChI is InChI=1S/C23H40N4O4.HI/c1-5-19(2)27(3)12-11-25-23(24-10-6-13-29-17-16-28-4)26-20-8-9-21-22(18-20)31-15-7-14-30-21;/h8-9,18-19H,5-7,10-17H2,1-4H3,(H2,24,25,26);1H. The Hall–Kier alpha value is -1.30. The van der Waals surface area contributed by atoms with Gasteiger partial charge < -0.3 is 34.5 Å². The van der Waals surface area contributed by atoms with Crippen LogP contribution in [0.3, 0.4) is 0 Å². The first-order valence-corrected chi connectivity index (χ1v) is 11.4. The average molecular weight is 565 g/mol. The molecule has 0 aromatic heterocycles. The third kappa shape index (κ3) is 11.0. The van der Waals surface area contributed by atoms with E-state index in [0.29, 0.717) is 45.6 Å². The molecule has 1 aliphatic heterocycles. The van der Waals surface area contributed by atoms with Gasteiger partial charge in [0, 0.05) is 57.6 Å². The van der Waals surface area contributed by atoms with Gasteiger partial charge in [-0.25, -0.2) is 0 Å². The van der Waals surface area contributed by atoms with Crippen molar-refractivity contribution in [2.75, 3.05) is 72.1 Å². The summed E-state index contributed by atoms with van der Waals surface area (Å²) in [6.07, 6.45) is 2.88. The zero-order valence-corrected chi connectivity index (χ0v) is 22.4. The van der Waals surface area contributed by atoms with Crippen molar-refractivity contribution in [3.05, 3.63) is 18.2 Å². The molecule has 0 spiro atoms. The molecule has 0 saturated heterocycles. The topological polar surface area (TPSA) is 76.6 Å². The fourth-order valence-corrected chi connectivity index (χ4v) is 3.00. The number of anilines is 1. The maximum Gasteiger partial charge on any atom is 0.195 e. The molecule has 1 aromatic carbocycles. The molecule has 0 amide bonds. The first-order valence-electron chi connectivity index (χ1n) is 11.4. The average Bonchev–Trinajstić information content (AvgIpc) is 3.02. The molecule has 184 valence electrons. The van der Waals surface area contributed by atoms with E-state index in [1.54, 1.807) is 7.11 Å². The molecule has 1 atom stereocenters. The summed E-state index contributed by atoms with van der Waals surface area (Å²) in [6, 6.07) is 6.46. The van der Waals surface area contributed by atoms with Gasteiger partial charge in [-0.15, -0.1) is 24.0 Å². The Morgan fingerprint density at radius 1 is 1.19 bits per heavy atom. The van der Waals surface area contributed by atoms with E-state index in [0.717, 1.165) is 55.5 Å². The summed E-state index contributed by atoms with van der Waals surface area (Å²) in [5, 5.41) is 6.85. The summed E-state index contributed by atoms with van der Waals surface area (Å²) in [5.41, 5.74) is 0.919. The molecule has 0 bridgehead atoms. The molecule has 2 rings (SSSR count). The van der Waals surface area contributed by atoms with Gasteiger partial charge in [-0.1, -0.05) is 6.92 Å². The van der Waals surface area contributed by atoms with E-state index in [4.69, 9.17) is 23.9 Å². The number of aliphatic imine (C=N–C) groups is 1. The first kappa shape index (κ1) is 28.7. The lowest BCUT2D eigenvalue weighted by Gasteiger charge is -2.24. The fraction of sp³-hybridized carbons (Fsp3) is 0.696. The predicted molar refractivity (Wildman–Crippen MR) is 141 cm³/mol. The number of fused-ring (bicyclic) bond motifs is 1. The van der Waals surface area contributed by atoms with Gasteiger partial charge in [0.15, 0.2) is 17.5 Å². The van der Waals surface area contributed by atoms with Gasteiger partial charge in [-0.3, -0.25) is 4.99 Å². The van der Waals surface area contributed by atoms with Gasteiger partial charge in [0.1, 0.15) is 0 Å². The molecule has 2 N–H and O–H groups in total. The summed E-state index contributed by atoms with van der Waals surface area (Å²) in [4.78, 5) is 7.07. The van der Waals surface area contributed by atoms with Crippen LogP contribution in [-0.2, 0) is 9.47 Å². The number of nitrogens with zero attached hydrogens (tertiary/aromatic N) is 2. The van der Waals surface area contributed by atoms with Crippen molar-refractivity contribution in [1.82, 2.24) is 10.2 Å². The lowest BCUT2D eigenvalue weighted by Crippen LogP contribution is -2.39. The van der Waals surface area contributed by atoms with Crippen molar-refractivity contribution in [3.8, 4) is 11.5 Å². The number of halogens is 1. The fourth-order valence-electron chi connectivity index (χ4n) is 3.00. The summed E-state index contributed by atoms with van der Waals surface area (Å²) in [6.45, 7) is 10.1. The molecule has 0 fully saturated rings. The number of rotatable bonds is 13. The highest BCUT2D eigenvalue weighted by Gasteiger charge is 2.12. The third-order valence-corrected chi connectivity index (χ3v) is 5.26. The highest BCUT2D eigenvalue weighted by Crippen LogP contribution is 2.32. The molecule has 32 heavy (non-hydrogen) atoms. The summed E-state index contributed by atoms with van der Waals surface area (Å²) < 4.78 is 22.1. The molecule has 1 heterocycles. The maximum absolute atomic E-state index is 5.81. The highest BCUT2D eigenvalue weighted by molar-refractivity contribution is 14.0. The minimum Gasteiger partial charge on any atom is -0.490 e. The lowest BCUT2D eigenvalue weighted by atomic mass is 10.2. The largest absolute Gasteiger partial charge is 0.490 e. The summed E-state index contributed by atoms with van der Waals surface area (Å²) in [5.74, 6) is 2.31. The van der Waals surface area contributed by atoms with E-state index in [1.807, 2.05) is 18.2 Å². The van der Waals surface area contributed by atoms with Crippen molar-refractivity contribution in [2.45, 2.75) is 39.2 Å². The minimum absolute atomic E-state index is 0. The second-order valence-corrected chi connectivity index (χ2v) is 7.69. The Balaban J connectivity index is 0.00000512. The minimum atomic E-state index is 0. The van der Waals surface area contributed by atoms with E-state index in [-0.39, 0.29) is 24.0 Å². The molecular formula is C23H41IN4O4. The summed E-state index contributed by atoms with van der Waals surface area (Å²) in [7, 11) is 3.83. The van der Waals surface area contributed by atoms with Crippen molar-refractivity contribution in [2.24, 2.45) is 4.99 Å². The zero-order chi connectivity index (χ0) is 22.3. The molecular weight excluding hydrogens is 523 g/mol. The van der Waals surface area contributed by atoms with Gasteiger partial charge >= 0.3 is 0 Å². The highest BCUT2D eigenvalue weighted by atomic mass is 127. The Kier molecular flexibility index (Phi) is 15.5. The summed E-state index contributed by atoms with van der Waals surface area (Å²) >= 11 is 0. The number of benzene rings is 1. The number of methoxy groups -OCH3 is 1. The van der Waals surface area contributed by atoms with E-state index >= 15 is 0 Å². The van der Waals surface area contributed by atoms with Crippen LogP contribution in [0.15, 0.2) is 23.2 Å². The SMILES string of the molecule is CCC(C)N(C)CCNC(=NCCCOCCOC)Nc1ccc2c(c1)OCCCO2.I. The Morgan fingerprint density at radius 3 is 2.72 bits per heavy atom. The van der Waals surface area contributed by atoms with Crippen LogP contribution in [0.4, 0.5) is 5.69 Å². The molecule has 1 unspecified atom stereocenters. The molecule has 0 saturated carbocycles. The van der Waals surface area contributed by atoms with Crippen LogP contribution in [0.1, 0.15) is 33.1 Å². The van der Waals surface area contributed by atoms with Crippen molar-refractivity contribution in [1.29, 1.82) is 0 Å². The number of likely N-dealkylation sites (N-methyl/N-ethyl adjacent to an activating group) is 1. The number of hydrogen-bond acceptors (Lipinski definition) is 6. The monoisotopic (exact) mass is 564 g/mol. The molecule has 9 heteroatoms. The van der Waals surface area contributed by atoms with Crippen LogP contribution < -0.4 is 20.1 Å². The quantitative estimate of drug-likeness (QED) is 0.164. The van der Waals surface area contributed by atoms with Crippen LogP contribution in [0.5, 0.6) is 11.5 Å². The number of nitrogens with one attached hydrogen (secondary N) is 2. The van der Waals surface area contributed by atoms with Crippen LogP contribution in [0.2, 0.25) is 0 Å². The number of ether oxygens (including phenoxy) is 4. The maximum atomic E-state index is 5.81. The van der Waals surface area contributed by atoms with Crippen LogP contribution in [0, 0.1) is 0 Å². The molecule has 1 aromatic rings. The van der Waals surface area contributed by atoms with Gasteiger partial charge in [0.2, 0.25) is 0 Å². The van der Waals surface area contributed by atoms with Crippen LogP contribution in [-0.4, -0.2) is 83.7 Å². The van der Waals surface area contributed by atoms with Crippen LogP contribution in [0.25, 0.3) is 0 Å². The van der Waals surface area contributed by atoms with E-state index < -0.39 is 0 Å². The molecule has 1 aliphatic rings. The smallest absolute Gasteiger partial charge is 0.195 e. The Labute approximate surface area is 210 Å². The van der Waals surface area contributed by atoms with E-state index in [1.165, 1.54) is 0 Å². The zero-order valence-electron chi connectivity index (χ0n) is 20.0. The van der Waals surface area contributed by atoms with Crippen molar-refractivity contribution in [3.63, 3.8) is 0 Å². The van der Waals surface area contributed by atoms with Crippen molar-refractivity contribution < 1.29 is 18.9 Å². The van der Waals surface area contributed by atoms with E-state index in [2.05, 4.69) is 36.4 Å². The first-order chi connectivity index (χ1) is 15.1. The number of hydrogen-bond donors (Lipinski definition) is 2. The normalized spacial score (nSPS) is 14.5. The second kappa shape index (κ2) is 17.2. The van der Waals surface area contributed by atoms with Gasteiger partial charge in [-0.05, 0) is 38.9 Å². The Morgan fingerprint density at radius 2 is 1.97 bits per heavy atom.